The molecule has 0 atom stereocenters. The molecular weight excluding hydrogens is 240 g/mol. The summed E-state index contributed by atoms with van der Waals surface area (Å²) in [5, 5.41) is 3.10. The Bertz CT molecular complexity index is 490. The van der Waals surface area contributed by atoms with Crippen molar-refractivity contribution in [2.75, 3.05) is 26.2 Å². The van der Waals surface area contributed by atoms with Crippen LogP contribution >= 0.6 is 0 Å². The van der Waals surface area contributed by atoms with Crippen molar-refractivity contribution in [3.8, 4) is 0 Å². The van der Waals surface area contributed by atoms with E-state index in [4.69, 9.17) is 0 Å². The second-order valence-corrected chi connectivity index (χ2v) is 5.78. The standard InChI is InChI=1S/C11H14N2O3S/c14-9-10-1-3-11(4-2-10)17(15,16)13-7-5-12-6-8-13/h1-4,9,12H,5-8H2. The van der Waals surface area contributed by atoms with E-state index in [1.54, 1.807) is 0 Å². The van der Waals surface area contributed by atoms with Gasteiger partial charge in [-0.2, -0.15) is 4.31 Å². The van der Waals surface area contributed by atoms with Gasteiger partial charge >= 0.3 is 0 Å². The van der Waals surface area contributed by atoms with Gasteiger partial charge in [0.05, 0.1) is 4.90 Å². The quantitative estimate of drug-likeness (QED) is 0.777. The first-order chi connectivity index (χ1) is 8.14. The smallest absolute Gasteiger partial charge is 0.243 e. The van der Waals surface area contributed by atoms with Crippen LogP contribution in [0.5, 0.6) is 0 Å². The fourth-order valence-corrected chi connectivity index (χ4v) is 3.19. The molecule has 1 aromatic carbocycles. The highest BCUT2D eigenvalue weighted by atomic mass is 32.2. The highest BCUT2D eigenvalue weighted by molar-refractivity contribution is 7.89. The summed E-state index contributed by atoms with van der Waals surface area (Å²) >= 11 is 0. The predicted molar refractivity (Wildman–Crippen MR) is 63.5 cm³/mol. The third-order valence-electron chi connectivity index (χ3n) is 2.73. The average Bonchev–Trinajstić information content (AvgIpc) is 2.40. The van der Waals surface area contributed by atoms with Gasteiger partial charge in [0.2, 0.25) is 10.0 Å². The Balaban J connectivity index is 2.26. The number of carbonyl (C=O) groups excluding carboxylic acids is 1. The maximum Gasteiger partial charge on any atom is 0.243 e. The van der Waals surface area contributed by atoms with Crippen LogP contribution in [0.4, 0.5) is 0 Å². The number of nitrogens with one attached hydrogen (secondary N) is 1. The number of hydrogen-bond acceptors (Lipinski definition) is 4. The largest absolute Gasteiger partial charge is 0.314 e. The van der Waals surface area contributed by atoms with Gasteiger partial charge in [-0.1, -0.05) is 12.1 Å². The summed E-state index contributed by atoms with van der Waals surface area (Å²) in [6.07, 6.45) is 0.696. The Morgan fingerprint density at radius 2 is 1.71 bits per heavy atom. The van der Waals surface area contributed by atoms with Crippen molar-refractivity contribution in [2.24, 2.45) is 0 Å². The Morgan fingerprint density at radius 1 is 1.12 bits per heavy atom. The summed E-state index contributed by atoms with van der Waals surface area (Å²) in [5.41, 5.74) is 0.476. The molecule has 5 nitrogen and oxygen atoms in total. The third kappa shape index (κ3) is 2.54. The van der Waals surface area contributed by atoms with E-state index in [0.29, 0.717) is 38.0 Å². The number of carbonyl (C=O) groups is 1. The summed E-state index contributed by atoms with van der Waals surface area (Å²) in [6.45, 7) is 2.31. The Kier molecular flexibility index (Phi) is 3.56. The lowest BCUT2D eigenvalue weighted by Gasteiger charge is -2.26. The Morgan fingerprint density at radius 3 is 2.24 bits per heavy atom. The average molecular weight is 254 g/mol. The predicted octanol–water partition coefficient (Wildman–Crippen LogP) is 0.0930. The van der Waals surface area contributed by atoms with E-state index in [-0.39, 0.29) is 4.90 Å². The van der Waals surface area contributed by atoms with Gasteiger partial charge in [-0.05, 0) is 12.1 Å². The summed E-state index contributed by atoms with van der Waals surface area (Å²) in [5.74, 6) is 0. The number of sulfonamides is 1. The van der Waals surface area contributed by atoms with Gasteiger partial charge in [0, 0.05) is 31.7 Å². The van der Waals surface area contributed by atoms with Gasteiger partial charge in [-0.25, -0.2) is 8.42 Å². The molecule has 0 amide bonds. The maximum absolute atomic E-state index is 12.2. The molecule has 0 saturated carbocycles. The first-order valence-electron chi connectivity index (χ1n) is 5.41. The lowest BCUT2D eigenvalue weighted by molar-refractivity contribution is 0.112. The molecule has 17 heavy (non-hydrogen) atoms. The van der Waals surface area contributed by atoms with Crippen molar-refractivity contribution in [2.45, 2.75) is 4.90 Å². The van der Waals surface area contributed by atoms with Gasteiger partial charge < -0.3 is 5.32 Å². The molecule has 0 bridgehead atoms. The van der Waals surface area contributed by atoms with Crippen molar-refractivity contribution >= 4 is 16.3 Å². The van der Waals surface area contributed by atoms with Crippen molar-refractivity contribution in [3.63, 3.8) is 0 Å². The van der Waals surface area contributed by atoms with Gasteiger partial charge in [0.15, 0.2) is 0 Å². The summed E-state index contributed by atoms with van der Waals surface area (Å²) in [4.78, 5) is 10.7. The number of hydrogen-bond donors (Lipinski definition) is 1. The Labute approximate surface area is 100 Å². The topological polar surface area (TPSA) is 66.5 Å². The molecule has 0 aliphatic carbocycles. The van der Waals surface area contributed by atoms with Crippen LogP contribution in [0.3, 0.4) is 0 Å². The SMILES string of the molecule is O=Cc1ccc(S(=O)(=O)N2CCNCC2)cc1. The van der Waals surface area contributed by atoms with E-state index in [9.17, 15) is 13.2 Å². The summed E-state index contributed by atoms with van der Waals surface area (Å²) in [7, 11) is -3.41. The van der Waals surface area contributed by atoms with Gasteiger partial charge in [0.25, 0.3) is 0 Å². The monoisotopic (exact) mass is 254 g/mol. The minimum Gasteiger partial charge on any atom is -0.314 e. The van der Waals surface area contributed by atoms with Gasteiger partial charge in [-0.3, -0.25) is 4.79 Å². The van der Waals surface area contributed by atoms with E-state index < -0.39 is 10.0 Å². The van der Waals surface area contributed by atoms with Crippen LogP contribution in [-0.2, 0) is 10.0 Å². The molecule has 0 spiro atoms. The second kappa shape index (κ2) is 4.95. The maximum atomic E-state index is 12.2. The third-order valence-corrected chi connectivity index (χ3v) is 4.64. The molecule has 2 rings (SSSR count). The van der Waals surface area contributed by atoms with E-state index in [1.807, 2.05) is 0 Å². The van der Waals surface area contributed by atoms with E-state index >= 15 is 0 Å². The zero-order valence-electron chi connectivity index (χ0n) is 9.30. The molecular formula is C11H14N2O3S. The molecule has 92 valence electrons. The van der Waals surface area contributed by atoms with Gasteiger partial charge in [-0.15, -0.1) is 0 Å². The molecule has 0 unspecified atom stereocenters. The molecule has 1 aromatic rings. The summed E-state index contributed by atoms with van der Waals surface area (Å²) < 4.78 is 25.9. The lowest BCUT2D eigenvalue weighted by Crippen LogP contribution is -2.46. The van der Waals surface area contributed by atoms with Crippen LogP contribution in [0.1, 0.15) is 10.4 Å². The molecule has 1 saturated heterocycles. The van der Waals surface area contributed by atoms with Crippen LogP contribution in [0.2, 0.25) is 0 Å². The minimum absolute atomic E-state index is 0.241. The lowest BCUT2D eigenvalue weighted by atomic mass is 10.2. The minimum atomic E-state index is -3.41. The van der Waals surface area contributed by atoms with Crippen molar-refractivity contribution in [3.05, 3.63) is 29.8 Å². The molecule has 0 radical (unpaired) electrons. The summed E-state index contributed by atoms with van der Waals surface area (Å²) in [6, 6.07) is 5.98. The molecule has 6 heteroatoms. The molecule has 1 heterocycles. The first-order valence-corrected chi connectivity index (χ1v) is 6.85. The highest BCUT2D eigenvalue weighted by Gasteiger charge is 2.25. The highest BCUT2D eigenvalue weighted by Crippen LogP contribution is 2.16. The number of piperazine rings is 1. The van der Waals surface area contributed by atoms with Crippen LogP contribution in [-0.4, -0.2) is 45.2 Å². The van der Waals surface area contributed by atoms with Crippen molar-refractivity contribution in [1.82, 2.24) is 9.62 Å². The number of nitrogens with zero attached hydrogens (tertiary/aromatic N) is 1. The zero-order valence-corrected chi connectivity index (χ0v) is 10.1. The van der Waals surface area contributed by atoms with E-state index in [2.05, 4.69) is 5.32 Å². The fourth-order valence-electron chi connectivity index (χ4n) is 1.75. The number of rotatable bonds is 3. The first kappa shape index (κ1) is 12.2. The molecule has 1 N–H and O–H groups in total. The number of benzene rings is 1. The normalized spacial score (nSPS) is 17.9. The van der Waals surface area contributed by atoms with Gasteiger partial charge in [0.1, 0.15) is 6.29 Å². The van der Waals surface area contributed by atoms with Crippen LogP contribution in [0, 0.1) is 0 Å². The molecule has 1 aliphatic heterocycles. The van der Waals surface area contributed by atoms with Crippen molar-refractivity contribution in [1.29, 1.82) is 0 Å². The molecule has 1 fully saturated rings. The number of aldehydes is 1. The van der Waals surface area contributed by atoms with Crippen LogP contribution in [0.15, 0.2) is 29.2 Å². The molecule has 1 aliphatic rings. The van der Waals surface area contributed by atoms with E-state index in [0.717, 1.165) is 0 Å². The second-order valence-electron chi connectivity index (χ2n) is 3.84. The molecule has 0 aromatic heterocycles. The van der Waals surface area contributed by atoms with Crippen molar-refractivity contribution < 1.29 is 13.2 Å². The van der Waals surface area contributed by atoms with E-state index in [1.165, 1.54) is 28.6 Å². The zero-order chi connectivity index (χ0) is 12.3. The Hall–Kier alpha value is -1.24. The van der Waals surface area contributed by atoms with Crippen LogP contribution in [0.25, 0.3) is 0 Å². The van der Waals surface area contributed by atoms with Crippen LogP contribution < -0.4 is 5.32 Å². The fraction of sp³-hybridized carbons (Fsp3) is 0.364.